The number of aliphatic imine (C=N–C) groups is 1. The third-order valence-electron chi connectivity index (χ3n) is 5.10. The molecular formula is C23H31N5O2. The summed E-state index contributed by atoms with van der Waals surface area (Å²) in [7, 11) is 1.70. The molecule has 30 heavy (non-hydrogen) atoms. The van der Waals surface area contributed by atoms with Crippen LogP contribution in [0.4, 0.5) is 5.69 Å². The van der Waals surface area contributed by atoms with E-state index in [-0.39, 0.29) is 12.5 Å². The van der Waals surface area contributed by atoms with E-state index in [0.717, 1.165) is 37.5 Å². The normalized spacial score (nSPS) is 14.4. The number of nitrogens with zero attached hydrogens (tertiary/aromatic N) is 3. The van der Waals surface area contributed by atoms with Crippen molar-refractivity contribution >= 4 is 17.6 Å². The zero-order valence-corrected chi connectivity index (χ0v) is 17.8. The van der Waals surface area contributed by atoms with Crippen molar-refractivity contribution in [3.8, 4) is 5.75 Å². The van der Waals surface area contributed by atoms with Crippen molar-refractivity contribution in [3.63, 3.8) is 0 Å². The lowest BCUT2D eigenvalue weighted by Gasteiger charge is -2.36. The molecule has 160 valence electrons. The Kier molecular flexibility index (Phi) is 7.94. The maximum Gasteiger partial charge on any atom is 0.242 e. The molecule has 1 fully saturated rings. The molecule has 0 atom stereocenters. The topological polar surface area (TPSA) is 69.2 Å². The predicted molar refractivity (Wildman–Crippen MR) is 121 cm³/mol. The first kappa shape index (κ1) is 21.5. The van der Waals surface area contributed by atoms with Gasteiger partial charge in [-0.1, -0.05) is 36.4 Å². The van der Waals surface area contributed by atoms with Gasteiger partial charge in [0.05, 0.1) is 13.2 Å². The smallest absolute Gasteiger partial charge is 0.242 e. The number of hydrogen-bond acceptors (Lipinski definition) is 4. The number of benzene rings is 2. The quantitative estimate of drug-likeness (QED) is 0.541. The van der Waals surface area contributed by atoms with Crippen LogP contribution in [0.3, 0.4) is 0 Å². The van der Waals surface area contributed by atoms with Crippen molar-refractivity contribution in [3.05, 3.63) is 60.2 Å². The summed E-state index contributed by atoms with van der Waals surface area (Å²) in [5.41, 5.74) is 2.25. The number of carbonyl (C=O) groups is 1. The molecule has 7 nitrogen and oxygen atoms in total. The molecule has 1 amide bonds. The number of para-hydroxylation sites is 2. The summed E-state index contributed by atoms with van der Waals surface area (Å²) < 4.78 is 5.66. The monoisotopic (exact) mass is 409 g/mol. The molecule has 0 saturated carbocycles. The maximum absolute atomic E-state index is 12.6. The van der Waals surface area contributed by atoms with Gasteiger partial charge in [0.2, 0.25) is 5.91 Å². The molecule has 0 unspecified atom stereocenters. The van der Waals surface area contributed by atoms with Crippen LogP contribution in [0, 0.1) is 0 Å². The van der Waals surface area contributed by atoms with Crippen LogP contribution >= 0.6 is 0 Å². The van der Waals surface area contributed by atoms with Gasteiger partial charge in [-0.25, -0.2) is 0 Å². The fourth-order valence-corrected chi connectivity index (χ4v) is 3.47. The van der Waals surface area contributed by atoms with Crippen molar-refractivity contribution in [2.75, 3.05) is 51.3 Å². The highest BCUT2D eigenvalue weighted by molar-refractivity contribution is 5.86. The SMILES string of the molecule is CCOc1ccccc1CNC(=NC)NCC(=O)N1CCN(c2ccccc2)CC1. The number of hydrogen-bond donors (Lipinski definition) is 2. The van der Waals surface area contributed by atoms with Crippen LogP contribution < -0.4 is 20.3 Å². The minimum atomic E-state index is 0.0837. The largest absolute Gasteiger partial charge is 0.494 e. The molecule has 1 aliphatic rings. The van der Waals surface area contributed by atoms with Gasteiger partial charge in [0, 0.05) is 51.0 Å². The molecule has 0 bridgehead atoms. The Balaban J connectivity index is 1.43. The maximum atomic E-state index is 12.6. The molecule has 0 aliphatic carbocycles. The van der Waals surface area contributed by atoms with Gasteiger partial charge in [-0.15, -0.1) is 0 Å². The van der Waals surface area contributed by atoms with E-state index in [0.29, 0.717) is 19.1 Å². The highest BCUT2D eigenvalue weighted by Crippen LogP contribution is 2.17. The van der Waals surface area contributed by atoms with Gasteiger partial charge >= 0.3 is 0 Å². The van der Waals surface area contributed by atoms with Crippen molar-refractivity contribution in [2.45, 2.75) is 13.5 Å². The van der Waals surface area contributed by atoms with Crippen molar-refractivity contribution in [1.82, 2.24) is 15.5 Å². The average molecular weight is 410 g/mol. The third-order valence-corrected chi connectivity index (χ3v) is 5.10. The Hall–Kier alpha value is -3.22. The van der Waals surface area contributed by atoms with E-state index >= 15 is 0 Å². The van der Waals surface area contributed by atoms with E-state index in [4.69, 9.17) is 4.74 Å². The van der Waals surface area contributed by atoms with Crippen molar-refractivity contribution < 1.29 is 9.53 Å². The lowest BCUT2D eigenvalue weighted by atomic mass is 10.2. The van der Waals surface area contributed by atoms with E-state index in [9.17, 15) is 4.79 Å². The highest BCUT2D eigenvalue weighted by atomic mass is 16.5. The molecule has 2 N–H and O–H groups in total. The van der Waals surface area contributed by atoms with E-state index in [1.54, 1.807) is 7.05 Å². The average Bonchev–Trinajstić information content (AvgIpc) is 2.81. The van der Waals surface area contributed by atoms with Crippen molar-refractivity contribution in [2.24, 2.45) is 4.99 Å². The van der Waals surface area contributed by atoms with Gasteiger partial charge in [0.1, 0.15) is 5.75 Å². The lowest BCUT2D eigenvalue weighted by Crippen LogP contribution is -2.52. The van der Waals surface area contributed by atoms with Gasteiger partial charge in [0.25, 0.3) is 0 Å². The minimum absolute atomic E-state index is 0.0837. The number of guanidine groups is 1. The van der Waals surface area contributed by atoms with Gasteiger partial charge in [-0.05, 0) is 25.1 Å². The number of ether oxygens (including phenoxy) is 1. The van der Waals surface area contributed by atoms with Crippen molar-refractivity contribution in [1.29, 1.82) is 0 Å². The molecule has 7 heteroatoms. The minimum Gasteiger partial charge on any atom is -0.494 e. The Bertz CT molecular complexity index is 832. The van der Waals surface area contributed by atoms with Crippen LogP contribution in [0.1, 0.15) is 12.5 Å². The molecule has 1 heterocycles. The highest BCUT2D eigenvalue weighted by Gasteiger charge is 2.21. The van der Waals surface area contributed by atoms with E-state index in [1.807, 2.05) is 54.3 Å². The molecule has 2 aromatic carbocycles. The summed E-state index contributed by atoms with van der Waals surface area (Å²) in [4.78, 5) is 21.1. The fourth-order valence-electron chi connectivity index (χ4n) is 3.47. The number of piperazine rings is 1. The molecule has 0 spiro atoms. The van der Waals surface area contributed by atoms with Crippen LogP contribution in [-0.2, 0) is 11.3 Å². The van der Waals surface area contributed by atoms with E-state index in [1.165, 1.54) is 5.69 Å². The molecular weight excluding hydrogens is 378 g/mol. The number of nitrogens with one attached hydrogen (secondary N) is 2. The Morgan fingerprint density at radius 3 is 2.40 bits per heavy atom. The lowest BCUT2D eigenvalue weighted by molar-refractivity contribution is -0.130. The summed E-state index contributed by atoms with van der Waals surface area (Å²) in [5, 5.41) is 6.38. The molecule has 1 saturated heterocycles. The number of carbonyl (C=O) groups excluding carboxylic acids is 1. The van der Waals surface area contributed by atoms with Crippen LogP contribution in [0.15, 0.2) is 59.6 Å². The van der Waals surface area contributed by atoms with Crippen LogP contribution in [0.2, 0.25) is 0 Å². The first-order valence-corrected chi connectivity index (χ1v) is 10.4. The van der Waals surface area contributed by atoms with E-state index in [2.05, 4.69) is 32.7 Å². The molecule has 3 rings (SSSR count). The zero-order valence-electron chi connectivity index (χ0n) is 17.8. The Morgan fingerprint density at radius 2 is 1.70 bits per heavy atom. The summed E-state index contributed by atoms with van der Waals surface area (Å²) in [6, 6.07) is 18.2. The molecule has 0 radical (unpaired) electrons. The van der Waals surface area contributed by atoms with Crippen LogP contribution in [0.25, 0.3) is 0 Å². The summed E-state index contributed by atoms with van der Waals surface area (Å²) in [6.45, 7) is 6.52. The van der Waals surface area contributed by atoms with Gasteiger partial charge in [-0.3, -0.25) is 9.79 Å². The summed E-state index contributed by atoms with van der Waals surface area (Å²) in [5.74, 6) is 1.54. The van der Waals surface area contributed by atoms with Gasteiger partial charge < -0.3 is 25.2 Å². The second-order valence-electron chi connectivity index (χ2n) is 7.02. The summed E-state index contributed by atoms with van der Waals surface area (Å²) in [6.07, 6.45) is 0. The third kappa shape index (κ3) is 5.89. The molecule has 1 aliphatic heterocycles. The van der Waals surface area contributed by atoms with E-state index < -0.39 is 0 Å². The molecule has 2 aromatic rings. The first-order valence-electron chi connectivity index (χ1n) is 10.4. The number of amides is 1. The second-order valence-corrected chi connectivity index (χ2v) is 7.02. The predicted octanol–water partition coefficient (Wildman–Crippen LogP) is 2.10. The van der Waals surface area contributed by atoms with Crippen LogP contribution in [0.5, 0.6) is 5.75 Å². The number of anilines is 1. The Labute approximate surface area is 178 Å². The Morgan fingerprint density at radius 1 is 1.00 bits per heavy atom. The van der Waals surface area contributed by atoms with Crippen LogP contribution in [-0.4, -0.2) is 63.1 Å². The fraction of sp³-hybridized carbons (Fsp3) is 0.391. The van der Waals surface area contributed by atoms with Gasteiger partial charge in [-0.2, -0.15) is 0 Å². The number of rotatable bonds is 7. The second kappa shape index (κ2) is 11.1. The zero-order chi connectivity index (χ0) is 21.2. The van der Waals surface area contributed by atoms with Gasteiger partial charge in [0.15, 0.2) is 5.96 Å². The summed E-state index contributed by atoms with van der Waals surface area (Å²) >= 11 is 0. The standard InChI is InChI=1S/C23H31N5O2/c1-3-30-21-12-8-7-9-19(21)17-25-23(24-2)26-18-22(29)28-15-13-27(14-16-28)20-10-5-4-6-11-20/h4-12H,3,13-18H2,1-2H3,(H2,24,25,26). The first-order chi connectivity index (χ1) is 14.7. The molecule has 0 aromatic heterocycles.